The van der Waals surface area contributed by atoms with Crippen molar-refractivity contribution in [1.82, 2.24) is 24.1 Å². The van der Waals surface area contributed by atoms with E-state index < -0.39 is 17.6 Å². The van der Waals surface area contributed by atoms with E-state index in [1.165, 1.54) is 24.0 Å². The number of hydrogen-bond acceptors (Lipinski definition) is 7. The maximum Gasteiger partial charge on any atom is 0.326 e. The highest BCUT2D eigenvalue weighted by atomic mass is 35.5. The van der Waals surface area contributed by atoms with E-state index in [2.05, 4.69) is 34.2 Å². The number of hydrogen-bond donors (Lipinski definition) is 2. The molecule has 31 heavy (non-hydrogen) atoms. The minimum atomic E-state index is -1.12. The number of nitrogens with zero attached hydrogens (tertiary/aromatic N) is 5. The number of nitrogens with one attached hydrogen (secondary N) is 1. The van der Waals surface area contributed by atoms with Gasteiger partial charge >= 0.3 is 5.97 Å². The lowest BCUT2D eigenvalue weighted by atomic mass is 9.82. The molecule has 1 aliphatic rings. The summed E-state index contributed by atoms with van der Waals surface area (Å²) in [6.07, 6.45) is 5.18. The molecule has 0 bridgehead atoms. The van der Waals surface area contributed by atoms with Gasteiger partial charge in [-0.15, -0.1) is 0 Å². The molecular formula is C20H23ClN6O4. The fraction of sp³-hybridized carbons (Fsp3) is 0.450. The van der Waals surface area contributed by atoms with E-state index in [1.807, 2.05) is 0 Å². The van der Waals surface area contributed by atoms with Gasteiger partial charge in [0, 0.05) is 29.8 Å². The molecule has 3 aromatic rings. The van der Waals surface area contributed by atoms with Gasteiger partial charge in [-0.05, 0) is 19.4 Å². The van der Waals surface area contributed by atoms with Gasteiger partial charge in [0.25, 0.3) is 5.56 Å². The summed E-state index contributed by atoms with van der Waals surface area (Å²) in [5, 5.41) is 17.1. The molecule has 0 aromatic carbocycles. The average molecular weight is 447 g/mol. The summed E-state index contributed by atoms with van der Waals surface area (Å²) in [5.74, 6) is -0.690. The van der Waals surface area contributed by atoms with Crippen molar-refractivity contribution in [2.75, 3.05) is 18.5 Å². The van der Waals surface area contributed by atoms with Crippen LogP contribution in [0.5, 0.6) is 0 Å². The number of rotatable bonds is 5. The Labute approximate surface area is 182 Å². The van der Waals surface area contributed by atoms with Crippen molar-refractivity contribution in [3.8, 4) is 11.3 Å². The highest BCUT2D eigenvalue weighted by Crippen LogP contribution is 2.31. The van der Waals surface area contributed by atoms with Crippen LogP contribution in [0, 0.1) is 5.41 Å². The molecule has 1 unspecified atom stereocenters. The first-order valence-electron chi connectivity index (χ1n) is 9.87. The quantitative estimate of drug-likeness (QED) is 0.612. The van der Waals surface area contributed by atoms with Gasteiger partial charge in [0.2, 0.25) is 5.95 Å². The predicted molar refractivity (Wildman–Crippen MR) is 114 cm³/mol. The highest BCUT2D eigenvalue weighted by Gasteiger charge is 2.33. The monoisotopic (exact) mass is 446 g/mol. The molecule has 11 heteroatoms. The molecule has 1 aliphatic heterocycles. The largest absolute Gasteiger partial charge is 0.480 e. The molecular weight excluding hydrogens is 424 g/mol. The third-order valence-electron chi connectivity index (χ3n) is 5.62. The van der Waals surface area contributed by atoms with Gasteiger partial charge < -0.3 is 15.2 Å². The zero-order chi connectivity index (χ0) is 22.3. The van der Waals surface area contributed by atoms with Crippen LogP contribution in [0.4, 0.5) is 5.95 Å². The predicted octanol–water partition coefficient (Wildman–Crippen LogP) is 2.48. The first kappa shape index (κ1) is 21.3. The molecule has 0 spiro atoms. The van der Waals surface area contributed by atoms with E-state index in [-0.39, 0.29) is 17.0 Å². The fourth-order valence-corrected chi connectivity index (χ4v) is 3.82. The molecule has 4 heterocycles. The van der Waals surface area contributed by atoms with Crippen LogP contribution in [0.2, 0.25) is 5.02 Å². The number of carboxylic acid groups (broad SMARTS) is 1. The first-order valence-corrected chi connectivity index (χ1v) is 10.2. The number of anilines is 1. The average Bonchev–Trinajstić information content (AvgIpc) is 3.15. The maximum atomic E-state index is 12.8. The lowest BCUT2D eigenvalue weighted by Crippen LogP contribution is -2.44. The van der Waals surface area contributed by atoms with Crippen LogP contribution in [-0.4, -0.2) is 54.5 Å². The van der Waals surface area contributed by atoms with Gasteiger partial charge in [0.1, 0.15) is 17.9 Å². The standard InChI is InChI=1S/C20H23ClN6O4/c1-11(18(29)30)26-10-23-27-8-12(6-14(27)17(26)28)16-13(21)7-22-19(25-16)24-15-4-5-31-9-20(15,2)3/h6-8,10-11,15H,4-5,9H2,1-3H3,(H,29,30)(H,22,24,25)/t11?,15-/m1/s1. The number of ether oxygens (including phenoxy) is 1. The lowest BCUT2D eigenvalue weighted by molar-refractivity contribution is -0.140. The minimum Gasteiger partial charge on any atom is -0.480 e. The zero-order valence-electron chi connectivity index (χ0n) is 17.4. The summed E-state index contributed by atoms with van der Waals surface area (Å²) in [6, 6.07) is 0.691. The lowest BCUT2D eigenvalue weighted by Gasteiger charge is -2.38. The Morgan fingerprint density at radius 2 is 2.23 bits per heavy atom. The van der Waals surface area contributed by atoms with Gasteiger partial charge in [-0.1, -0.05) is 25.4 Å². The Bertz CT molecular complexity index is 1200. The summed E-state index contributed by atoms with van der Waals surface area (Å²) in [4.78, 5) is 32.9. The summed E-state index contributed by atoms with van der Waals surface area (Å²) in [7, 11) is 0. The van der Waals surface area contributed by atoms with E-state index in [0.29, 0.717) is 35.4 Å². The van der Waals surface area contributed by atoms with Crippen molar-refractivity contribution < 1.29 is 14.6 Å². The smallest absolute Gasteiger partial charge is 0.326 e. The second-order valence-corrected chi connectivity index (χ2v) is 8.74. The summed E-state index contributed by atoms with van der Waals surface area (Å²) in [5.41, 5.74) is 0.699. The molecule has 2 atom stereocenters. The second kappa shape index (κ2) is 7.93. The van der Waals surface area contributed by atoms with Crippen LogP contribution < -0.4 is 10.9 Å². The van der Waals surface area contributed by atoms with Crippen LogP contribution in [-0.2, 0) is 9.53 Å². The van der Waals surface area contributed by atoms with Gasteiger partial charge in [0.05, 0.1) is 23.5 Å². The van der Waals surface area contributed by atoms with Crippen molar-refractivity contribution >= 4 is 29.0 Å². The van der Waals surface area contributed by atoms with Gasteiger partial charge in [0.15, 0.2) is 0 Å². The van der Waals surface area contributed by atoms with Crippen LogP contribution >= 0.6 is 11.6 Å². The normalized spacial score (nSPS) is 19.3. The summed E-state index contributed by atoms with van der Waals surface area (Å²) >= 11 is 6.36. The van der Waals surface area contributed by atoms with Crippen molar-refractivity contribution in [1.29, 1.82) is 0 Å². The first-order chi connectivity index (χ1) is 14.7. The van der Waals surface area contributed by atoms with Gasteiger partial charge in [-0.3, -0.25) is 9.36 Å². The Hall–Kier alpha value is -2.98. The summed E-state index contributed by atoms with van der Waals surface area (Å²) in [6.45, 7) is 6.97. The van der Waals surface area contributed by atoms with E-state index in [9.17, 15) is 14.7 Å². The van der Waals surface area contributed by atoms with Crippen LogP contribution in [0.1, 0.15) is 33.2 Å². The highest BCUT2D eigenvalue weighted by molar-refractivity contribution is 6.32. The van der Waals surface area contributed by atoms with Gasteiger partial charge in [-0.2, -0.15) is 5.10 Å². The number of halogens is 1. The molecule has 10 nitrogen and oxygen atoms in total. The van der Waals surface area contributed by atoms with Crippen molar-refractivity contribution in [3.63, 3.8) is 0 Å². The molecule has 2 N–H and O–H groups in total. The molecule has 0 radical (unpaired) electrons. The topological polar surface area (TPSA) is 124 Å². The molecule has 0 amide bonds. The van der Waals surface area contributed by atoms with E-state index in [1.54, 1.807) is 12.3 Å². The Balaban J connectivity index is 1.71. The second-order valence-electron chi connectivity index (χ2n) is 8.33. The van der Waals surface area contributed by atoms with Crippen molar-refractivity contribution in [3.05, 3.63) is 40.2 Å². The van der Waals surface area contributed by atoms with E-state index in [0.717, 1.165) is 11.0 Å². The van der Waals surface area contributed by atoms with Crippen LogP contribution in [0.15, 0.2) is 29.6 Å². The molecule has 1 saturated heterocycles. The number of carbonyl (C=O) groups is 1. The number of fused-ring (bicyclic) bond motifs is 1. The molecule has 164 valence electrons. The maximum absolute atomic E-state index is 12.8. The Morgan fingerprint density at radius 3 is 2.94 bits per heavy atom. The zero-order valence-corrected chi connectivity index (χ0v) is 18.1. The van der Waals surface area contributed by atoms with E-state index >= 15 is 0 Å². The Kier molecular flexibility index (Phi) is 5.44. The van der Waals surface area contributed by atoms with Gasteiger partial charge in [-0.25, -0.2) is 19.3 Å². The Morgan fingerprint density at radius 1 is 1.45 bits per heavy atom. The SMILES string of the molecule is CC(C(=O)O)n1cnn2cc(-c3nc(N[C@@H]4CCOCC4(C)C)ncc3Cl)cc2c1=O. The molecule has 3 aromatic heterocycles. The molecule has 0 aliphatic carbocycles. The number of aliphatic carboxylic acids is 1. The molecule has 0 saturated carbocycles. The molecule has 1 fully saturated rings. The summed E-state index contributed by atoms with van der Waals surface area (Å²) < 4.78 is 8.03. The fourth-order valence-electron chi connectivity index (χ4n) is 3.62. The van der Waals surface area contributed by atoms with Crippen molar-refractivity contribution in [2.45, 2.75) is 39.3 Å². The van der Waals surface area contributed by atoms with Crippen molar-refractivity contribution in [2.24, 2.45) is 5.41 Å². The third-order valence-corrected chi connectivity index (χ3v) is 5.89. The van der Waals surface area contributed by atoms with Crippen LogP contribution in [0.3, 0.4) is 0 Å². The number of aromatic nitrogens is 5. The third kappa shape index (κ3) is 4.00. The molecule has 4 rings (SSSR count). The van der Waals surface area contributed by atoms with E-state index in [4.69, 9.17) is 16.3 Å². The van der Waals surface area contributed by atoms with Crippen LogP contribution in [0.25, 0.3) is 16.8 Å². The number of carboxylic acids is 1. The minimum absolute atomic E-state index is 0.0813.